The standard InChI is InChI=1S/C19H28O4/c1-14(12-15(2)20)13-17-10-6-8-16(22-17)9-7-11-18(21)23-19(3,4)5/h6,8,14,16-17H,9-10,12-13H2,1-5H3/t14-,16-,17-/m0/s1. The highest BCUT2D eigenvalue weighted by Crippen LogP contribution is 2.22. The number of carbonyl (C=O) groups excluding carboxylic acids is 2. The van der Waals surface area contributed by atoms with E-state index in [0.717, 1.165) is 12.8 Å². The van der Waals surface area contributed by atoms with Gasteiger partial charge < -0.3 is 14.3 Å². The van der Waals surface area contributed by atoms with Crippen LogP contribution >= 0.6 is 0 Å². The van der Waals surface area contributed by atoms with Crippen molar-refractivity contribution in [1.29, 1.82) is 0 Å². The van der Waals surface area contributed by atoms with Gasteiger partial charge in [-0.3, -0.25) is 0 Å². The molecule has 0 aromatic rings. The highest BCUT2D eigenvalue weighted by atomic mass is 16.6. The Morgan fingerprint density at radius 1 is 1.39 bits per heavy atom. The number of esters is 1. The summed E-state index contributed by atoms with van der Waals surface area (Å²) in [6.07, 6.45) is 6.86. The lowest BCUT2D eigenvalue weighted by Gasteiger charge is -2.27. The summed E-state index contributed by atoms with van der Waals surface area (Å²) >= 11 is 0. The van der Waals surface area contributed by atoms with E-state index in [-0.39, 0.29) is 18.0 Å². The number of hydrogen-bond donors (Lipinski definition) is 0. The summed E-state index contributed by atoms with van der Waals surface area (Å²) in [7, 11) is 0. The van der Waals surface area contributed by atoms with Gasteiger partial charge >= 0.3 is 5.97 Å². The van der Waals surface area contributed by atoms with E-state index in [1.807, 2.05) is 26.8 Å². The zero-order valence-electron chi connectivity index (χ0n) is 14.8. The molecule has 0 amide bonds. The zero-order valence-corrected chi connectivity index (χ0v) is 14.8. The van der Waals surface area contributed by atoms with Crippen LogP contribution in [0, 0.1) is 17.8 Å². The lowest BCUT2D eigenvalue weighted by molar-refractivity contribution is -0.147. The normalized spacial score (nSPS) is 22.0. The van der Waals surface area contributed by atoms with Gasteiger partial charge in [-0.25, -0.2) is 4.79 Å². The van der Waals surface area contributed by atoms with Crippen molar-refractivity contribution in [3.63, 3.8) is 0 Å². The topological polar surface area (TPSA) is 52.6 Å². The summed E-state index contributed by atoms with van der Waals surface area (Å²) in [6, 6.07) is 0. The number of ether oxygens (including phenoxy) is 2. The molecule has 0 fully saturated rings. The van der Waals surface area contributed by atoms with Crippen molar-refractivity contribution >= 4 is 11.8 Å². The number of carbonyl (C=O) groups is 2. The van der Waals surface area contributed by atoms with Crippen molar-refractivity contribution in [1.82, 2.24) is 0 Å². The molecule has 0 radical (unpaired) electrons. The summed E-state index contributed by atoms with van der Waals surface area (Å²) in [5.41, 5.74) is -0.523. The average Bonchev–Trinajstić information content (AvgIpc) is 2.35. The third-order valence-corrected chi connectivity index (χ3v) is 3.31. The maximum absolute atomic E-state index is 11.5. The van der Waals surface area contributed by atoms with Crippen LogP contribution in [0.2, 0.25) is 0 Å². The molecule has 1 aliphatic rings. The molecule has 0 N–H and O–H groups in total. The first kappa shape index (κ1) is 19.4. The predicted molar refractivity (Wildman–Crippen MR) is 89.7 cm³/mol. The lowest BCUT2D eigenvalue weighted by Crippen LogP contribution is -2.26. The maximum Gasteiger partial charge on any atom is 0.384 e. The predicted octanol–water partition coefficient (Wildman–Crippen LogP) is 3.44. The first-order chi connectivity index (χ1) is 10.7. The molecular weight excluding hydrogens is 292 g/mol. The van der Waals surface area contributed by atoms with Crippen LogP contribution in [-0.2, 0) is 19.1 Å². The van der Waals surface area contributed by atoms with E-state index in [1.165, 1.54) is 0 Å². The molecule has 0 aliphatic carbocycles. The summed E-state index contributed by atoms with van der Waals surface area (Å²) in [5.74, 6) is 5.35. The van der Waals surface area contributed by atoms with Gasteiger partial charge in [0.2, 0.25) is 0 Å². The van der Waals surface area contributed by atoms with Gasteiger partial charge in [0.25, 0.3) is 0 Å². The average molecular weight is 320 g/mol. The largest absolute Gasteiger partial charge is 0.450 e. The Bertz CT molecular complexity index is 502. The maximum atomic E-state index is 11.5. The molecule has 0 aromatic heterocycles. The fraction of sp³-hybridized carbons (Fsp3) is 0.684. The first-order valence-electron chi connectivity index (χ1n) is 8.19. The van der Waals surface area contributed by atoms with Gasteiger partial charge in [-0.1, -0.05) is 25.0 Å². The Morgan fingerprint density at radius 3 is 2.70 bits per heavy atom. The van der Waals surface area contributed by atoms with Gasteiger partial charge in [-0.05, 0) is 46.5 Å². The summed E-state index contributed by atoms with van der Waals surface area (Å²) in [5, 5.41) is 0. The quantitative estimate of drug-likeness (QED) is 0.337. The number of hydrogen-bond acceptors (Lipinski definition) is 4. The van der Waals surface area contributed by atoms with Crippen LogP contribution in [0.25, 0.3) is 0 Å². The van der Waals surface area contributed by atoms with Crippen LogP contribution in [0.4, 0.5) is 0 Å². The van der Waals surface area contributed by atoms with E-state index in [4.69, 9.17) is 9.47 Å². The molecule has 1 aliphatic heterocycles. The van der Waals surface area contributed by atoms with Crippen LogP contribution in [0.5, 0.6) is 0 Å². The molecule has 4 nitrogen and oxygen atoms in total. The third-order valence-electron chi connectivity index (χ3n) is 3.31. The van der Waals surface area contributed by atoms with Crippen molar-refractivity contribution in [2.45, 2.75) is 78.1 Å². The minimum Gasteiger partial charge on any atom is -0.450 e. The molecule has 128 valence electrons. The van der Waals surface area contributed by atoms with Crippen molar-refractivity contribution < 1.29 is 19.1 Å². The number of rotatable bonds is 5. The van der Waals surface area contributed by atoms with Gasteiger partial charge in [0, 0.05) is 18.8 Å². The molecule has 3 atom stereocenters. The smallest absolute Gasteiger partial charge is 0.384 e. The molecule has 4 heteroatoms. The Hall–Kier alpha value is -1.60. The van der Waals surface area contributed by atoms with Gasteiger partial charge in [0.1, 0.15) is 11.4 Å². The molecule has 0 saturated heterocycles. The fourth-order valence-corrected chi connectivity index (χ4v) is 2.55. The Balaban J connectivity index is 2.42. The molecule has 1 heterocycles. The van der Waals surface area contributed by atoms with Crippen LogP contribution in [0.15, 0.2) is 12.2 Å². The van der Waals surface area contributed by atoms with E-state index in [2.05, 4.69) is 24.8 Å². The second-order valence-electron chi connectivity index (χ2n) is 7.22. The SMILES string of the molecule is CC(=O)C[C@H](C)C[C@@H]1CC=C[C@@H](CC#CC(=O)OC(C)(C)C)O1. The van der Waals surface area contributed by atoms with Crippen molar-refractivity contribution in [2.24, 2.45) is 5.92 Å². The number of Topliss-reactive ketones (excluding diaryl/α,β-unsaturated/α-hetero) is 1. The van der Waals surface area contributed by atoms with Gasteiger partial charge in [-0.2, -0.15) is 0 Å². The van der Waals surface area contributed by atoms with E-state index in [9.17, 15) is 9.59 Å². The van der Waals surface area contributed by atoms with Gasteiger partial charge in [-0.15, -0.1) is 0 Å². The number of ketones is 1. The Morgan fingerprint density at radius 2 is 2.09 bits per heavy atom. The highest BCUT2D eigenvalue weighted by Gasteiger charge is 2.20. The summed E-state index contributed by atoms with van der Waals surface area (Å²) in [6.45, 7) is 9.12. The first-order valence-corrected chi connectivity index (χ1v) is 8.19. The zero-order chi connectivity index (χ0) is 17.5. The molecule has 1 rings (SSSR count). The summed E-state index contributed by atoms with van der Waals surface area (Å²) < 4.78 is 11.1. The Labute approximate surface area is 139 Å². The fourth-order valence-electron chi connectivity index (χ4n) is 2.55. The van der Waals surface area contributed by atoms with E-state index < -0.39 is 11.6 Å². The van der Waals surface area contributed by atoms with Crippen molar-refractivity contribution in [3.8, 4) is 11.8 Å². The molecule has 0 spiro atoms. The molecular formula is C19H28O4. The van der Waals surface area contributed by atoms with Crippen molar-refractivity contribution in [3.05, 3.63) is 12.2 Å². The van der Waals surface area contributed by atoms with Gasteiger partial charge in [0.15, 0.2) is 0 Å². The molecule has 0 aromatic carbocycles. The molecule has 23 heavy (non-hydrogen) atoms. The van der Waals surface area contributed by atoms with E-state index >= 15 is 0 Å². The summed E-state index contributed by atoms with van der Waals surface area (Å²) in [4.78, 5) is 22.7. The van der Waals surface area contributed by atoms with Gasteiger partial charge in [0.05, 0.1) is 12.2 Å². The van der Waals surface area contributed by atoms with Crippen LogP contribution in [0.3, 0.4) is 0 Å². The molecule has 0 bridgehead atoms. The van der Waals surface area contributed by atoms with Crippen LogP contribution in [0.1, 0.15) is 60.3 Å². The van der Waals surface area contributed by atoms with E-state index in [0.29, 0.717) is 18.8 Å². The van der Waals surface area contributed by atoms with Crippen molar-refractivity contribution in [2.75, 3.05) is 0 Å². The minimum absolute atomic E-state index is 0.104. The van der Waals surface area contributed by atoms with E-state index in [1.54, 1.807) is 6.92 Å². The minimum atomic E-state index is -0.523. The second-order valence-corrected chi connectivity index (χ2v) is 7.22. The molecule has 0 unspecified atom stereocenters. The van der Waals surface area contributed by atoms with Crippen LogP contribution in [-0.4, -0.2) is 29.6 Å². The second kappa shape index (κ2) is 8.88. The Kier molecular flexibility index (Phi) is 7.51. The monoisotopic (exact) mass is 320 g/mol. The highest BCUT2D eigenvalue weighted by molar-refractivity contribution is 5.88. The van der Waals surface area contributed by atoms with Crippen LogP contribution < -0.4 is 0 Å². The lowest BCUT2D eigenvalue weighted by atomic mass is 9.95. The third kappa shape index (κ3) is 9.20. The molecule has 0 saturated carbocycles.